The Morgan fingerprint density at radius 1 is 1.04 bits per heavy atom. The molecule has 24 heavy (non-hydrogen) atoms. The average Bonchev–Trinajstić information content (AvgIpc) is 2.92. The zero-order chi connectivity index (χ0) is 17.1. The van der Waals surface area contributed by atoms with Crippen molar-refractivity contribution in [3.8, 4) is 0 Å². The van der Waals surface area contributed by atoms with Crippen LogP contribution in [0, 0.1) is 40.4 Å². The molecule has 134 valence electrons. The third kappa shape index (κ3) is 2.22. The Labute approximate surface area is 149 Å². The second-order valence-electron chi connectivity index (χ2n) is 10.1. The Morgan fingerprint density at radius 2 is 1.83 bits per heavy atom. The molecule has 0 N–H and O–H groups in total. The highest BCUT2D eigenvalue weighted by atomic mass is 14.7. The van der Waals surface area contributed by atoms with Crippen molar-refractivity contribution in [3.05, 3.63) is 11.6 Å². The van der Waals surface area contributed by atoms with Gasteiger partial charge >= 0.3 is 0 Å². The van der Waals surface area contributed by atoms with Crippen molar-refractivity contribution < 1.29 is 0 Å². The minimum absolute atomic E-state index is 0.530. The maximum Gasteiger partial charge on any atom is 0.0276 e. The lowest BCUT2D eigenvalue weighted by Crippen LogP contribution is -2.50. The van der Waals surface area contributed by atoms with Gasteiger partial charge in [-0.2, -0.15) is 0 Å². The molecule has 3 saturated carbocycles. The maximum absolute atomic E-state index is 4.61. The monoisotopic (exact) mass is 327 g/mol. The Hall–Kier alpha value is -0.590. The summed E-state index contributed by atoms with van der Waals surface area (Å²) in [6, 6.07) is 0. The summed E-state index contributed by atoms with van der Waals surface area (Å²) in [5, 5.41) is 0. The molecule has 7 atom stereocenters. The number of aliphatic imine (C=N–C) groups is 1. The largest absolute Gasteiger partial charge is 0.297 e. The third-order valence-electron chi connectivity index (χ3n) is 9.20. The first-order valence-electron chi connectivity index (χ1n) is 10.5. The number of nitrogens with zero attached hydrogens (tertiary/aromatic N) is 1. The van der Waals surface area contributed by atoms with Crippen molar-refractivity contribution in [2.24, 2.45) is 45.4 Å². The van der Waals surface area contributed by atoms with Crippen LogP contribution in [-0.2, 0) is 0 Å². The predicted molar refractivity (Wildman–Crippen MR) is 103 cm³/mol. The molecule has 1 nitrogen and oxygen atoms in total. The third-order valence-corrected chi connectivity index (χ3v) is 9.20. The summed E-state index contributed by atoms with van der Waals surface area (Å²) in [5.41, 5.74) is 4.33. The van der Waals surface area contributed by atoms with Crippen LogP contribution in [0.2, 0.25) is 0 Å². The van der Waals surface area contributed by atoms with Crippen molar-refractivity contribution in [3.63, 3.8) is 0 Å². The molecule has 7 unspecified atom stereocenters. The molecule has 0 aromatic heterocycles. The summed E-state index contributed by atoms with van der Waals surface area (Å²) < 4.78 is 0. The van der Waals surface area contributed by atoms with Crippen LogP contribution in [0.15, 0.2) is 16.6 Å². The molecule has 0 radical (unpaired) electrons. The Kier molecular flexibility index (Phi) is 4.01. The van der Waals surface area contributed by atoms with Crippen molar-refractivity contribution in [2.75, 3.05) is 7.05 Å². The van der Waals surface area contributed by atoms with Gasteiger partial charge in [0.25, 0.3) is 0 Å². The number of fused-ring (bicyclic) bond motifs is 5. The predicted octanol–water partition coefficient (Wildman–Crippen LogP) is 6.29. The van der Waals surface area contributed by atoms with Gasteiger partial charge in [0.1, 0.15) is 0 Å². The van der Waals surface area contributed by atoms with Gasteiger partial charge in [-0.1, -0.05) is 32.4 Å². The molecular weight excluding hydrogens is 290 g/mol. The van der Waals surface area contributed by atoms with Gasteiger partial charge < -0.3 is 0 Å². The van der Waals surface area contributed by atoms with Gasteiger partial charge in [-0.15, -0.1) is 0 Å². The van der Waals surface area contributed by atoms with Crippen LogP contribution in [0.4, 0.5) is 0 Å². The molecule has 0 aliphatic heterocycles. The van der Waals surface area contributed by atoms with Gasteiger partial charge in [0.2, 0.25) is 0 Å². The Bertz CT molecular complexity index is 573. The number of hydrogen-bond donors (Lipinski definition) is 0. The molecule has 4 aliphatic carbocycles. The average molecular weight is 328 g/mol. The van der Waals surface area contributed by atoms with E-state index in [0.29, 0.717) is 10.8 Å². The SMILES string of the molecule is CN=C(C)C1CCC2C3CCC4=CC(C)CCC4(C)C3CCC12C. The molecule has 0 aromatic carbocycles. The lowest BCUT2D eigenvalue weighted by molar-refractivity contribution is -0.0445. The zero-order valence-electron chi connectivity index (χ0n) is 16.6. The number of hydrogen-bond acceptors (Lipinski definition) is 1. The highest BCUT2D eigenvalue weighted by molar-refractivity contribution is 5.85. The molecule has 0 bridgehead atoms. The molecule has 0 spiro atoms. The van der Waals surface area contributed by atoms with Gasteiger partial charge in [-0.3, -0.25) is 4.99 Å². The van der Waals surface area contributed by atoms with Crippen LogP contribution in [0.1, 0.15) is 79.1 Å². The van der Waals surface area contributed by atoms with Gasteiger partial charge in [0.15, 0.2) is 0 Å². The normalized spacial score (nSPS) is 51.5. The van der Waals surface area contributed by atoms with Crippen LogP contribution in [0.3, 0.4) is 0 Å². The fraction of sp³-hybridized carbons (Fsp3) is 0.870. The van der Waals surface area contributed by atoms with E-state index in [4.69, 9.17) is 0 Å². The van der Waals surface area contributed by atoms with Gasteiger partial charge in [0, 0.05) is 18.7 Å². The minimum atomic E-state index is 0.530. The summed E-state index contributed by atoms with van der Waals surface area (Å²) in [6.07, 6.45) is 14.1. The van der Waals surface area contributed by atoms with Crippen LogP contribution < -0.4 is 0 Å². The van der Waals surface area contributed by atoms with E-state index in [9.17, 15) is 0 Å². The van der Waals surface area contributed by atoms with E-state index in [2.05, 4.69) is 38.8 Å². The molecule has 3 fully saturated rings. The highest BCUT2D eigenvalue weighted by Gasteiger charge is 2.59. The summed E-state index contributed by atoms with van der Waals surface area (Å²) in [4.78, 5) is 4.61. The first-order chi connectivity index (χ1) is 11.4. The molecule has 0 aromatic rings. The Balaban J connectivity index is 1.65. The molecule has 0 saturated heterocycles. The van der Waals surface area contributed by atoms with Crippen molar-refractivity contribution >= 4 is 5.71 Å². The first-order valence-corrected chi connectivity index (χ1v) is 10.5. The van der Waals surface area contributed by atoms with Crippen LogP contribution >= 0.6 is 0 Å². The van der Waals surface area contributed by atoms with E-state index in [1.165, 1.54) is 57.1 Å². The molecule has 0 amide bonds. The lowest BCUT2D eigenvalue weighted by Gasteiger charge is -2.58. The number of allylic oxidation sites excluding steroid dienone is 2. The second-order valence-corrected chi connectivity index (χ2v) is 10.1. The fourth-order valence-corrected chi connectivity index (χ4v) is 7.74. The second kappa shape index (κ2) is 5.71. The van der Waals surface area contributed by atoms with E-state index in [0.717, 1.165) is 29.6 Å². The highest BCUT2D eigenvalue weighted by Crippen LogP contribution is 2.67. The van der Waals surface area contributed by atoms with Crippen molar-refractivity contribution in [2.45, 2.75) is 79.1 Å². The molecule has 1 heteroatoms. The van der Waals surface area contributed by atoms with Crippen LogP contribution in [0.5, 0.6) is 0 Å². The van der Waals surface area contributed by atoms with Crippen LogP contribution in [-0.4, -0.2) is 12.8 Å². The first kappa shape index (κ1) is 16.9. The Morgan fingerprint density at radius 3 is 2.58 bits per heavy atom. The molecule has 4 rings (SSSR count). The number of rotatable bonds is 1. The van der Waals surface area contributed by atoms with Gasteiger partial charge in [-0.05, 0) is 92.8 Å². The maximum atomic E-state index is 4.61. The van der Waals surface area contributed by atoms with E-state index < -0.39 is 0 Å². The van der Waals surface area contributed by atoms with E-state index in [1.54, 1.807) is 0 Å². The summed E-state index contributed by atoms with van der Waals surface area (Å²) in [7, 11) is 2.00. The van der Waals surface area contributed by atoms with Gasteiger partial charge in [0.05, 0.1) is 0 Å². The topological polar surface area (TPSA) is 12.4 Å². The van der Waals surface area contributed by atoms with Crippen LogP contribution in [0.25, 0.3) is 0 Å². The van der Waals surface area contributed by atoms with Gasteiger partial charge in [-0.25, -0.2) is 0 Å². The molecular formula is C23H37N. The quantitative estimate of drug-likeness (QED) is 0.396. The smallest absolute Gasteiger partial charge is 0.0276 e. The lowest BCUT2D eigenvalue weighted by atomic mass is 9.46. The standard InChI is InChI=1S/C23H37N/c1-15-10-12-22(3)17(14-15)6-7-18-20-9-8-19(16(2)24-5)23(20,4)13-11-21(18)22/h14-15,18-21H,6-13H2,1-5H3. The minimum Gasteiger partial charge on any atom is -0.297 e. The molecule has 0 heterocycles. The fourth-order valence-electron chi connectivity index (χ4n) is 7.74. The summed E-state index contributed by atoms with van der Waals surface area (Å²) in [5.74, 6) is 4.47. The summed E-state index contributed by atoms with van der Waals surface area (Å²) >= 11 is 0. The van der Waals surface area contributed by atoms with E-state index in [-0.39, 0.29) is 0 Å². The zero-order valence-corrected chi connectivity index (χ0v) is 16.6. The van der Waals surface area contributed by atoms with Crippen molar-refractivity contribution in [1.82, 2.24) is 0 Å². The van der Waals surface area contributed by atoms with E-state index >= 15 is 0 Å². The van der Waals surface area contributed by atoms with Crippen molar-refractivity contribution in [1.29, 1.82) is 0 Å². The molecule has 4 aliphatic rings. The van der Waals surface area contributed by atoms with E-state index in [1.807, 2.05) is 12.6 Å². The summed E-state index contributed by atoms with van der Waals surface area (Å²) in [6.45, 7) is 9.97.